The number of ether oxygens (including phenoxy) is 1. The molecule has 19 heavy (non-hydrogen) atoms. The zero-order valence-corrected chi connectivity index (χ0v) is 12.4. The number of nitrogens with zero attached hydrogens (tertiary/aromatic N) is 1. The van der Waals surface area contributed by atoms with Gasteiger partial charge in [-0.1, -0.05) is 19.9 Å². The summed E-state index contributed by atoms with van der Waals surface area (Å²) in [6, 6.07) is 4.48. The minimum absolute atomic E-state index is 0.0358. The standard InChI is InChI=1S/C14H22N2O2S/c1-11(2)14(17)15-10-12(13-4-3-9-19-13)16-5-7-18-8-6-16/h3-4,9,11-12H,5-8,10H2,1-2H3,(H,15,17)/t12-/m0/s1. The predicted molar refractivity (Wildman–Crippen MR) is 77.3 cm³/mol. The Morgan fingerprint density at radius 1 is 1.47 bits per heavy atom. The van der Waals surface area contributed by atoms with E-state index in [2.05, 4.69) is 27.7 Å². The van der Waals surface area contributed by atoms with Crippen molar-refractivity contribution < 1.29 is 9.53 Å². The van der Waals surface area contributed by atoms with Crippen LogP contribution >= 0.6 is 11.3 Å². The second kappa shape index (κ2) is 7.03. The van der Waals surface area contributed by atoms with E-state index in [0.29, 0.717) is 6.54 Å². The molecule has 1 saturated heterocycles. The van der Waals surface area contributed by atoms with Gasteiger partial charge in [-0.3, -0.25) is 9.69 Å². The lowest BCUT2D eigenvalue weighted by molar-refractivity contribution is -0.124. The molecule has 1 aliphatic heterocycles. The van der Waals surface area contributed by atoms with E-state index in [4.69, 9.17) is 4.74 Å². The van der Waals surface area contributed by atoms with Gasteiger partial charge in [0.05, 0.1) is 19.3 Å². The largest absolute Gasteiger partial charge is 0.379 e. The molecule has 5 heteroatoms. The van der Waals surface area contributed by atoms with E-state index in [-0.39, 0.29) is 17.9 Å². The van der Waals surface area contributed by atoms with E-state index in [1.807, 2.05) is 13.8 Å². The minimum Gasteiger partial charge on any atom is -0.379 e. The second-order valence-corrected chi connectivity index (χ2v) is 6.06. The zero-order valence-electron chi connectivity index (χ0n) is 11.6. The smallest absolute Gasteiger partial charge is 0.222 e. The Morgan fingerprint density at radius 2 is 2.21 bits per heavy atom. The van der Waals surface area contributed by atoms with Gasteiger partial charge in [0.2, 0.25) is 5.91 Å². The number of nitrogens with one attached hydrogen (secondary N) is 1. The van der Waals surface area contributed by atoms with Gasteiger partial charge in [-0.25, -0.2) is 0 Å². The Kier molecular flexibility index (Phi) is 5.36. The lowest BCUT2D eigenvalue weighted by Gasteiger charge is -2.34. The van der Waals surface area contributed by atoms with Gasteiger partial charge in [-0.2, -0.15) is 0 Å². The van der Waals surface area contributed by atoms with Gasteiger partial charge >= 0.3 is 0 Å². The molecule has 2 rings (SSSR count). The van der Waals surface area contributed by atoms with Crippen molar-refractivity contribution in [2.45, 2.75) is 19.9 Å². The van der Waals surface area contributed by atoms with Crippen molar-refractivity contribution in [3.8, 4) is 0 Å². The zero-order chi connectivity index (χ0) is 13.7. The molecule has 0 aromatic carbocycles. The molecule has 2 heterocycles. The number of hydrogen-bond acceptors (Lipinski definition) is 4. The third-order valence-electron chi connectivity index (χ3n) is 3.35. The van der Waals surface area contributed by atoms with E-state index in [1.54, 1.807) is 11.3 Å². The number of amides is 1. The number of carbonyl (C=O) groups excluding carboxylic acids is 1. The highest BCUT2D eigenvalue weighted by Crippen LogP contribution is 2.25. The summed E-state index contributed by atoms with van der Waals surface area (Å²) >= 11 is 1.75. The number of hydrogen-bond donors (Lipinski definition) is 1. The Labute approximate surface area is 118 Å². The summed E-state index contributed by atoms with van der Waals surface area (Å²) in [4.78, 5) is 15.5. The molecule has 1 aromatic heterocycles. The lowest BCUT2D eigenvalue weighted by atomic mass is 10.1. The van der Waals surface area contributed by atoms with Gasteiger partial charge in [-0.15, -0.1) is 11.3 Å². The fraction of sp³-hybridized carbons (Fsp3) is 0.643. The van der Waals surface area contributed by atoms with Crippen molar-refractivity contribution >= 4 is 17.2 Å². The molecule has 1 atom stereocenters. The van der Waals surface area contributed by atoms with Gasteiger partial charge < -0.3 is 10.1 Å². The predicted octanol–water partition coefficient (Wildman–Crippen LogP) is 1.89. The summed E-state index contributed by atoms with van der Waals surface area (Å²) in [6.07, 6.45) is 0. The topological polar surface area (TPSA) is 41.6 Å². The van der Waals surface area contributed by atoms with Crippen LogP contribution in [-0.4, -0.2) is 43.7 Å². The molecule has 1 N–H and O–H groups in total. The van der Waals surface area contributed by atoms with Crippen molar-refractivity contribution in [1.29, 1.82) is 0 Å². The van der Waals surface area contributed by atoms with E-state index in [0.717, 1.165) is 26.3 Å². The molecule has 0 spiro atoms. The normalized spacial score (nSPS) is 18.5. The SMILES string of the molecule is CC(C)C(=O)NC[C@@H](c1cccs1)N1CCOCC1. The number of thiophene rings is 1. The summed E-state index contributed by atoms with van der Waals surface area (Å²) < 4.78 is 5.41. The molecule has 1 aliphatic rings. The second-order valence-electron chi connectivity index (χ2n) is 5.08. The van der Waals surface area contributed by atoms with Crippen LogP contribution in [0.1, 0.15) is 24.8 Å². The highest BCUT2D eigenvalue weighted by Gasteiger charge is 2.24. The van der Waals surface area contributed by atoms with E-state index < -0.39 is 0 Å². The first kappa shape index (κ1) is 14.5. The number of carbonyl (C=O) groups is 1. The van der Waals surface area contributed by atoms with Crippen LogP contribution < -0.4 is 5.32 Å². The highest BCUT2D eigenvalue weighted by molar-refractivity contribution is 7.10. The van der Waals surface area contributed by atoms with Crippen LogP contribution in [0.3, 0.4) is 0 Å². The quantitative estimate of drug-likeness (QED) is 0.897. The van der Waals surface area contributed by atoms with Crippen molar-refractivity contribution in [3.63, 3.8) is 0 Å². The molecule has 1 fully saturated rings. The molecule has 1 amide bonds. The van der Waals surface area contributed by atoms with Gasteiger partial charge in [0, 0.05) is 30.4 Å². The molecule has 1 aromatic rings. The Bertz CT molecular complexity index is 386. The summed E-state index contributed by atoms with van der Waals surface area (Å²) in [5, 5.41) is 5.14. The van der Waals surface area contributed by atoms with Gasteiger partial charge in [-0.05, 0) is 11.4 Å². The highest BCUT2D eigenvalue weighted by atomic mass is 32.1. The first-order valence-electron chi connectivity index (χ1n) is 6.81. The average molecular weight is 282 g/mol. The van der Waals surface area contributed by atoms with Crippen LogP contribution in [0, 0.1) is 5.92 Å². The van der Waals surface area contributed by atoms with Gasteiger partial charge in [0.1, 0.15) is 0 Å². The molecule has 4 nitrogen and oxygen atoms in total. The minimum atomic E-state index is 0.0358. The van der Waals surface area contributed by atoms with Crippen LogP contribution in [-0.2, 0) is 9.53 Å². The summed E-state index contributed by atoms with van der Waals surface area (Å²) in [6.45, 7) is 7.94. The fourth-order valence-electron chi connectivity index (χ4n) is 2.18. The molecule has 0 saturated carbocycles. The van der Waals surface area contributed by atoms with Crippen molar-refractivity contribution in [2.75, 3.05) is 32.8 Å². The molecule has 0 aliphatic carbocycles. The molecule has 0 bridgehead atoms. The maximum atomic E-state index is 11.7. The summed E-state index contributed by atoms with van der Waals surface area (Å²) in [7, 11) is 0. The van der Waals surface area contributed by atoms with Crippen LogP contribution in [0.2, 0.25) is 0 Å². The Hall–Kier alpha value is -0.910. The van der Waals surface area contributed by atoms with Crippen LogP contribution in [0.15, 0.2) is 17.5 Å². The van der Waals surface area contributed by atoms with Crippen LogP contribution in [0.4, 0.5) is 0 Å². The van der Waals surface area contributed by atoms with E-state index >= 15 is 0 Å². The summed E-state index contributed by atoms with van der Waals surface area (Å²) in [5.74, 6) is 0.156. The number of rotatable bonds is 5. The molecule has 106 valence electrons. The van der Waals surface area contributed by atoms with E-state index in [1.165, 1.54) is 4.88 Å². The molecule has 0 unspecified atom stereocenters. The molecular weight excluding hydrogens is 260 g/mol. The first-order valence-corrected chi connectivity index (χ1v) is 7.69. The third-order valence-corrected chi connectivity index (χ3v) is 4.33. The third kappa shape index (κ3) is 4.03. The average Bonchev–Trinajstić information content (AvgIpc) is 2.94. The van der Waals surface area contributed by atoms with Gasteiger partial charge in [0.15, 0.2) is 0 Å². The van der Waals surface area contributed by atoms with E-state index in [9.17, 15) is 4.79 Å². The Balaban J connectivity index is 2.00. The fourth-order valence-corrected chi connectivity index (χ4v) is 3.04. The molecular formula is C14H22N2O2S. The lowest BCUT2D eigenvalue weighted by Crippen LogP contribution is -2.44. The summed E-state index contributed by atoms with van der Waals surface area (Å²) in [5.41, 5.74) is 0. The maximum absolute atomic E-state index is 11.7. The van der Waals surface area contributed by atoms with Crippen molar-refractivity contribution in [1.82, 2.24) is 10.2 Å². The van der Waals surface area contributed by atoms with Crippen molar-refractivity contribution in [2.24, 2.45) is 5.92 Å². The maximum Gasteiger partial charge on any atom is 0.222 e. The monoisotopic (exact) mass is 282 g/mol. The van der Waals surface area contributed by atoms with Crippen LogP contribution in [0.5, 0.6) is 0 Å². The molecule has 0 radical (unpaired) electrons. The first-order chi connectivity index (χ1) is 9.18. The van der Waals surface area contributed by atoms with Gasteiger partial charge in [0.25, 0.3) is 0 Å². The van der Waals surface area contributed by atoms with Crippen molar-refractivity contribution in [3.05, 3.63) is 22.4 Å². The Morgan fingerprint density at radius 3 is 2.79 bits per heavy atom. The number of morpholine rings is 1. The van der Waals surface area contributed by atoms with Crippen LogP contribution in [0.25, 0.3) is 0 Å².